The summed E-state index contributed by atoms with van der Waals surface area (Å²) in [5.74, 6) is 1.16. The van der Waals surface area contributed by atoms with Crippen LogP contribution in [0.25, 0.3) is 0 Å². The van der Waals surface area contributed by atoms with E-state index in [2.05, 4.69) is 24.1 Å². The fourth-order valence-corrected chi connectivity index (χ4v) is 1.92. The van der Waals surface area contributed by atoms with Gasteiger partial charge >= 0.3 is 0 Å². The zero-order valence-electron chi connectivity index (χ0n) is 13.1. The number of ether oxygens (including phenoxy) is 1. The van der Waals surface area contributed by atoms with Crippen LogP contribution in [0.4, 0.5) is 0 Å². The summed E-state index contributed by atoms with van der Waals surface area (Å²) in [5, 5.41) is 2.89. The van der Waals surface area contributed by atoms with E-state index in [-0.39, 0.29) is 5.91 Å². The SMILES string of the molecule is CC(C)CNC(=O)c1ccc(OCCc2ccccn2)cc1. The summed E-state index contributed by atoms with van der Waals surface area (Å²) >= 11 is 0. The highest BCUT2D eigenvalue weighted by atomic mass is 16.5. The van der Waals surface area contributed by atoms with Crippen LogP contribution in [0.5, 0.6) is 5.75 Å². The molecule has 0 fully saturated rings. The number of amides is 1. The van der Waals surface area contributed by atoms with E-state index in [1.165, 1.54) is 0 Å². The van der Waals surface area contributed by atoms with E-state index >= 15 is 0 Å². The summed E-state index contributed by atoms with van der Waals surface area (Å²) in [5.41, 5.74) is 1.66. The van der Waals surface area contributed by atoms with E-state index < -0.39 is 0 Å². The van der Waals surface area contributed by atoms with Crippen molar-refractivity contribution in [3.05, 3.63) is 59.9 Å². The second-order valence-electron chi connectivity index (χ2n) is 5.55. The Hall–Kier alpha value is -2.36. The number of rotatable bonds is 7. The van der Waals surface area contributed by atoms with Crippen molar-refractivity contribution in [2.24, 2.45) is 5.92 Å². The minimum atomic E-state index is -0.0475. The largest absolute Gasteiger partial charge is 0.493 e. The minimum absolute atomic E-state index is 0.0475. The normalized spacial score (nSPS) is 10.5. The number of hydrogen-bond acceptors (Lipinski definition) is 3. The van der Waals surface area contributed by atoms with Crippen LogP contribution >= 0.6 is 0 Å². The summed E-state index contributed by atoms with van der Waals surface area (Å²) in [6.45, 7) is 5.38. The second kappa shape index (κ2) is 8.17. The molecule has 0 aliphatic rings. The van der Waals surface area contributed by atoms with Crippen LogP contribution in [0.3, 0.4) is 0 Å². The van der Waals surface area contributed by atoms with Gasteiger partial charge in [0.2, 0.25) is 0 Å². The summed E-state index contributed by atoms with van der Waals surface area (Å²) in [6.07, 6.45) is 2.54. The monoisotopic (exact) mass is 298 g/mol. The van der Waals surface area contributed by atoms with Crippen molar-refractivity contribution in [3.63, 3.8) is 0 Å². The first-order chi connectivity index (χ1) is 10.6. The number of carbonyl (C=O) groups is 1. The predicted molar refractivity (Wildman–Crippen MR) is 87.0 cm³/mol. The van der Waals surface area contributed by atoms with Gasteiger partial charge in [-0.1, -0.05) is 19.9 Å². The molecule has 0 radical (unpaired) electrons. The highest BCUT2D eigenvalue weighted by molar-refractivity contribution is 5.94. The third-order valence-corrected chi connectivity index (χ3v) is 3.14. The number of nitrogens with zero attached hydrogens (tertiary/aromatic N) is 1. The van der Waals surface area contributed by atoms with E-state index in [9.17, 15) is 4.79 Å². The molecule has 0 saturated carbocycles. The molecule has 2 aromatic rings. The average molecular weight is 298 g/mol. The van der Waals surface area contributed by atoms with Gasteiger partial charge in [-0.2, -0.15) is 0 Å². The Morgan fingerprint density at radius 3 is 2.59 bits per heavy atom. The molecule has 0 saturated heterocycles. The van der Waals surface area contributed by atoms with Crippen molar-refractivity contribution in [2.75, 3.05) is 13.2 Å². The Bertz CT molecular complexity index is 580. The molecule has 22 heavy (non-hydrogen) atoms. The van der Waals surface area contributed by atoms with Gasteiger partial charge in [-0.25, -0.2) is 0 Å². The Labute approximate surface area is 131 Å². The number of aromatic nitrogens is 1. The molecule has 0 unspecified atom stereocenters. The van der Waals surface area contributed by atoms with E-state index in [0.29, 0.717) is 24.6 Å². The zero-order chi connectivity index (χ0) is 15.8. The third kappa shape index (κ3) is 5.20. The number of nitrogens with one attached hydrogen (secondary N) is 1. The predicted octanol–water partition coefficient (Wildman–Crippen LogP) is 3.09. The van der Waals surface area contributed by atoms with Gasteiger partial charge in [0.1, 0.15) is 5.75 Å². The highest BCUT2D eigenvalue weighted by Crippen LogP contribution is 2.12. The summed E-state index contributed by atoms with van der Waals surface area (Å²) in [4.78, 5) is 16.1. The van der Waals surface area contributed by atoms with Crippen molar-refractivity contribution >= 4 is 5.91 Å². The lowest BCUT2D eigenvalue weighted by molar-refractivity contribution is 0.0949. The van der Waals surface area contributed by atoms with E-state index in [0.717, 1.165) is 17.9 Å². The molecule has 116 valence electrons. The molecule has 0 atom stereocenters. The molecule has 0 bridgehead atoms. The number of pyridine rings is 1. The van der Waals surface area contributed by atoms with Crippen LogP contribution in [0.1, 0.15) is 29.9 Å². The highest BCUT2D eigenvalue weighted by Gasteiger charge is 2.06. The Kier molecular flexibility index (Phi) is 5.95. The van der Waals surface area contributed by atoms with Gasteiger partial charge < -0.3 is 10.1 Å². The maximum Gasteiger partial charge on any atom is 0.251 e. The molecule has 0 spiro atoms. The minimum Gasteiger partial charge on any atom is -0.493 e. The molecule has 1 N–H and O–H groups in total. The van der Waals surface area contributed by atoms with Crippen LogP contribution in [0.15, 0.2) is 48.7 Å². The van der Waals surface area contributed by atoms with Crippen molar-refractivity contribution in [3.8, 4) is 5.75 Å². The molecule has 0 aliphatic carbocycles. The van der Waals surface area contributed by atoms with Crippen LogP contribution in [0, 0.1) is 5.92 Å². The van der Waals surface area contributed by atoms with Crippen molar-refractivity contribution in [1.29, 1.82) is 0 Å². The van der Waals surface area contributed by atoms with Gasteiger partial charge in [0.05, 0.1) is 6.61 Å². The molecule has 4 heteroatoms. The molecular formula is C18H22N2O2. The van der Waals surface area contributed by atoms with Gasteiger partial charge in [0.25, 0.3) is 5.91 Å². The van der Waals surface area contributed by atoms with Crippen molar-refractivity contribution < 1.29 is 9.53 Å². The molecule has 1 aromatic heterocycles. The summed E-state index contributed by atoms with van der Waals surface area (Å²) < 4.78 is 5.67. The molecule has 0 aliphatic heterocycles. The average Bonchev–Trinajstić information content (AvgIpc) is 2.54. The van der Waals surface area contributed by atoms with Crippen molar-refractivity contribution in [2.45, 2.75) is 20.3 Å². The topological polar surface area (TPSA) is 51.2 Å². The smallest absolute Gasteiger partial charge is 0.251 e. The number of carbonyl (C=O) groups excluding carboxylic acids is 1. The number of benzene rings is 1. The van der Waals surface area contributed by atoms with Gasteiger partial charge in [0.15, 0.2) is 0 Å². The van der Waals surface area contributed by atoms with E-state index in [4.69, 9.17) is 4.74 Å². The van der Waals surface area contributed by atoms with E-state index in [1.54, 1.807) is 18.3 Å². The molecule has 1 aromatic carbocycles. The van der Waals surface area contributed by atoms with Crippen LogP contribution in [-0.4, -0.2) is 24.0 Å². The standard InChI is InChI=1S/C18H22N2O2/c1-14(2)13-20-18(21)15-6-8-17(9-7-15)22-12-10-16-5-3-4-11-19-16/h3-9,11,14H,10,12-13H2,1-2H3,(H,20,21). The maximum absolute atomic E-state index is 11.9. The first-order valence-corrected chi connectivity index (χ1v) is 7.56. The molecule has 4 nitrogen and oxygen atoms in total. The molecule has 1 amide bonds. The lowest BCUT2D eigenvalue weighted by Gasteiger charge is -2.09. The summed E-state index contributed by atoms with van der Waals surface area (Å²) in [7, 11) is 0. The quantitative estimate of drug-likeness (QED) is 0.854. The lowest BCUT2D eigenvalue weighted by atomic mass is 10.2. The lowest BCUT2D eigenvalue weighted by Crippen LogP contribution is -2.27. The molecule has 2 rings (SSSR count). The fourth-order valence-electron chi connectivity index (χ4n) is 1.92. The second-order valence-corrected chi connectivity index (χ2v) is 5.55. The Morgan fingerprint density at radius 2 is 1.95 bits per heavy atom. The molecule has 1 heterocycles. The van der Waals surface area contributed by atoms with Crippen molar-refractivity contribution in [1.82, 2.24) is 10.3 Å². The molecular weight excluding hydrogens is 276 g/mol. The van der Waals surface area contributed by atoms with Gasteiger partial charge in [-0.15, -0.1) is 0 Å². The maximum atomic E-state index is 11.9. The van der Waals surface area contributed by atoms with Gasteiger partial charge in [0, 0.05) is 30.4 Å². The van der Waals surface area contributed by atoms with Crippen LogP contribution in [-0.2, 0) is 6.42 Å². The first-order valence-electron chi connectivity index (χ1n) is 7.56. The number of hydrogen-bond donors (Lipinski definition) is 1. The fraction of sp³-hybridized carbons (Fsp3) is 0.333. The van der Waals surface area contributed by atoms with Crippen LogP contribution in [0.2, 0.25) is 0 Å². The summed E-state index contributed by atoms with van der Waals surface area (Å²) in [6, 6.07) is 13.1. The third-order valence-electron chi connectivity index (χ3n) is 3.14. The van der Waals surface area contributed by atoms with Gasteiger partial charge in [-0.05, 0) is 42.3 Å². The van der Waals surface area contributed by atoms with E-state index in [1.807, 2.05) is 30.3 Å². The van der Waals surface area contributed by atoms with Crippen LogP contribution < -0.4 is 10.1 Å². The Morgan fingerprint density at radius 1 is 1.18 bits per heavy atom. The Balaban J connectivity index is 1.80. The first kappa shape index (κ1) is 16.0. The van der Waals surface area contributed by atoms with Gasteiger partial charge in [-0.3, -0.25) is 9.78 Å². The zero-order valence-corrected chi connectivity index (χ0v) is 13.1.